The molecule has 0 bridgehead atoms. The predicted octanol–water partition coefficient (Wildman–Crippen LogP) is -0.224. The largest absolute Gasteiger partial charge is 0.338 e. The molecule has 7 nitrogen and oxygen atoms in total. The number of nitrogens with two attached hydrogens (primary N) is 1. The van der Waals surface area contributed by atoms with Crippen LogP contribution in [0.1, 0.15) is 11.6 Å². The summed E-state index contributed by atoms with van der Waals surface area (Å²) in [7, 11) is -0.338. The summed E-state index contributed by atoms with van der Waals surface area (Å²) in [5.41, 5.74) is 0.302. The van der Waals surface area contributed by atoms with Gasteiger partial charge in [0.25, 0.3) is 10.2 Å². The topological polar surface area (TPSA) is 86.9 Å². The fourth-order valence-electron chi connectivity index (χ4n) is 2.66. The van der Waals surface area contributed by atoms with E-state index in [4.69, 9.17) is 5.14 Å². The zero-order valence-electron chi connectivity index (χ0n) is 13.1. The minimum atomic E-state index is -3.75. The van der Waals surface area contributed by atoms with Crippen LogP contribution in [0.3, 0.4) is 0 Å². The molecule has 1 saturated heterocycles. The van der Waals surface area contributed by atoms with Crippen molar-refractivity contribution in [3.63, 3.8) is 0 Å². The third kappa shape index (κ3) is 4.05. The van der Waals surface area contributed by atoms with E-state index in [-0.39, 0.29) is 32.1 Å². The van der Waals surface area contributed by atoms with Crippen molar-refractivity contribution in [2.24, 2.45) is 5.14 Å². The molecule has 0 aliphatic carbocycles. The number of piperazine rings is 1. The van der Waals surface area contributed by atoms with Crippen LogP contribution in [0.2, 0.25) is 0 Å². The first-order valence-electron chi connectivity index (χ1n) is 7.19. The molecule has 2 rings (SSSR count). The van der Waals surface area contributed by atoms with E-state index in [0.717, 1.165) is 4.31 Å². The zero-order chi connectivity index (χ0) is 17.2. The van der Waals surface area contributed by atoms with Gasteiger partial charge in [0.15, 0.2) is 0 Å². The molecule has 1 fully saturated rings. The second-order valence-corrected chi connectivity index (χ2v) is 7.20. The maximum absolute atomic E-state index is 14.0. The van der Waals surface area contributed by atoms with Gasteiger partial charge in [0.1, 0.15) is 11.9 Å². The van der Waals surface area contributed by atoms with Crippen LogP contribution in [-0.4, -0.2) is 68.7 Å². The summed E-state index contributed by atoms with van der Waals surface area (Å²) in [6.45, 7) is 0.742. The van der Waals surface area contributed by atoms with E-state index in [1.54, 1.807) is 42.1 Å². The van der Waals surface area contributed by atoms with Crippen molar-refractivity contribution >= 4 is 16.1 Å². The molecule has 0 spiro atoms. The maximum Gasteiger partial charge on any atom is 0.277 e. The van der Waals surface area contributed by atoms with Gasteiger partial charge in [-0.05, 0) is 20.2 Å². The van der Waals surface area contributed by atoms with Gasteiger partial charge in [-0.15, -0.1) is 0 Å². The molecule has 128 valence electrons. The number of carbonyl (C=O) groups excluding carboxylic acids is 1. The van der Waals surface area contributed by atoms with Crippen LogP contribution in [-0.2, 0) is 15.0 Å². The van der Waals surface area contributed by atoms with Crippen LogP contribution in [0.25, 0.3) is 0 Å². The van der Waals surface area contributed by atoms with Crippen molar-refractivity contribution in [2.75, 3.05) is 40.3 Å². The summed E-state index contributed by atoms with van der Waals surface area (Å²) in [5.74, 6) is -0.697. The maximum atomic E-state index is 14.0. The normalized spacial score (nSPS) is 18.2. The highest BCUT2D eigenvalue weighted by atomic mass is 32.2. The van der Waals surface area contributed by atoms with Crippen molar-refractivity contribution in [1.82, 2.24) is 14.1 Å². The predicted molar refractivity (Wildman–Crippen MR) is 84.1 cm³/mol. The van der Waals surface area contributed by atoms with Gasteiger partial charge >= 0.3 is 0 Å². The Hall–Kier alpha value is -1.55. The van der Waals surface area contributed by atoms with Gasteiger partial charge in [-0.3, -0.25) is 9.69 Å². The third-order valence-electron chi connectivity index (χ3n) is 3.86. The first kappa shape index (κ1) is 17.8. The Labute approximate surface area is 135 Å². The second-order valence-electron chi connectivity index (χ2n) is 5.66. The van der Waals surface area contributed by atoms with Crippen LogP contribution >= 0.6 is 0 Å². The Bertz CT molecular complexity index is 672. The summed E-state index contributed by atoms with van der Waals surface area (Å²) in [5, 5.41) is 5.09. The lowest BCUT2D eigenvalue weighted by molar-refractivity contribution is -0.137. The first-order chi connectivity index (χ1) is 10.7. The average Bonchev–Trinajstić information content (AvgIpc) is 2.48. The molecule has 23 heavy (non-hydrogen) atoms. The number of rotatable bonds is 4. The molecule has 1 aliphatic heterocycles. The summed E-state index contributed by atoms with van der Waals surface area (Å²) in [6, 6.07) is 5.40. The van der Waals surface area contributed by atoms with E-state index in [2.05, 4.69) is 0 Å². The Morgan fingerprint density at radius 1 is 1.22 bits per heavy atom. The number of benzene rings is 1. The smallest absolute Gasteiger partial charge is 0.277 e. The van der Waals surface area contributed by atoms with Crippen molar-refractivity contribution in [2.45, 2.75) is 6.04 Å². The number of halogens is 1. The third-order valence-corrected chi connectivity index (χ3v) is 4.95. The van der Waals surface area contributed by atoms with Gasteiger partial charge in [-0.25, -0.2) is 9.53 Å². The number of likely N-dealkylation sites (N-methyl/N-ethyl adjacent to an activating group) is 1. The van der Waals surface area contributed by atoms with Crippen LogP contribution < -0.4 is 5.14 Å². The minimum absolute atomic E-state index is 0.141. The molecule has 1 heterocycles. The number of hydrogen-bond acceptors (Lipinski definition) is 4. The first-order valence-corrected chi connectivity index (χ1v) is 8.69. The molecule has 1 aliphatic rings. The molecule has 1 unspecified atom stereocenters. The fraction of sp³-hybridized carbons (Fsp3) is 0.500. The molecule has 0 radical (unpaired) electrons. The van der Waals surface area contributed by atoms with E-state index >= 15 is 0 Å². The molecule has 1 aromatic rings. The van der Waals surface area contributed by atoms with Crippen molar-refractivity contribution in [1.29, 1.82) is 0 Å². The summed E-state index contributed by atoms with van der Waals surface area (Å²) < 4.78 is 37.8. The number of hydrogen-bond donors (Lipinski definition) is 1. The molecular weight excluding hydrogens is 323 g/mol. The SMILES string of the molecule is CN(C)C(C(=O)N1CCN(S(N)(=O)=O)CC1)c1ccccc1F. The molecule has 1 atom stereocenters. The number of nitrogens with zero attached hydrogens (tertiary/aromatic N) is 3. The molecule has 0 aromatic heterocycles. The average molecular weight is 344 g/mol. The lowest BCUT2D eigenvalue weighted by Gasteiger charge is -2.36. The quantitative estimate of drug-likeness (QED) is 0.818. The summed E-state index contributed by atoms with van der Waals surface area (Å²) >= 11 is 0. The minimum Gasteiger partial charge on any atom is -0.338 e. The molecule has 1 amide bonds. The van der Waals surface area contributed by atoms with Gasteiger partial charge in [0.05, 0.1) is 0 Å². The van der Waals surface area contributed by atoms with E-state index in [1.165, 1.54) is 6.07 Å². The lowest BCUT2D eigenvalue weighted by atomic mass is 10.0. The number of carbonyl (C=O) groups is 1. The van der Waals surface area contributed by atoms with E-state index in [0.29, 0.717) is 5.56 Å². The van der Waals surface area contributed by atoms with Gasteiger partial charge in [-0.1, -0.05) is 18.2 Å². The number of amides is 1. The molecule has 2 N–H and O–H groups in total. The van der Waals surface area contributed by atoms with Crippen LogP contribution in [0, 0.1) is 5.82 Å². The summed E-state index contributed by atoms with van der Waals surface area (Å²) in [6.07, 6.45) is 0. The van der Waals surface area contributed by atoms with Gasteiger partial charge < -0.3 is 4.90 Å². The summed E-state index contributed by atoms with van der Waals surface area (Å²) in [4.78, 5) is 16.0. The van der Waals surface area contributed by atoms with Crippen molar-refractivity contribution in [3.05, 3.63) is 35.6 Å². The Kier molecular flexibility index (Phi) is 5.35. The monoisotopic (exact) mass is 344 g/mol. The Morgan fingerprint density at radius 2 is 1.78 bits per heavy atom. The van der Waals surface area contributed by atoms with Crippen molar-refractivity contribution < 1.29 is 17.6 Å². The highest BCUT2D eigenvalue weighted by Gasteiger charge is 2.33. The Balaban J connectivity index is 2.16. The van der Waals surface area contributed by atoms with E-state index < -0.39 is 22.1 Å². The fourth-order valence-corrected chi connectivity index (χ4v) is 3.34. The van der Waals surface area contributed by atoms with Gasteiger partial charge in [0, 0.05) is 31.7 Å². The van der Waals surface area contributed by atoms with Gasteiger partial charge in [-0.2, -0.15) is 12.7 Å². The van der Waals surface area contributed by atoms with E-state index in [9.17, 15) is 17.6 Å². The standard InChI is InChI=1S/C14H21FN4O3S/c1-17(2)13(11-5-3-4-6-12(11)15)14(20)18-7-9-19(10-8-18)23(16,21)22/h3-6,13H,7-10H2,1-2H3,(H2,16,21,22). The lowest BCUT2D eigenvalue weighted by Crippen LogP contribution is -2.54. The molecule has 0 saturated carbocycles. The zero-order valence-corrected chi connectivity index (χ0v) is 14.0. The van der Waals surface area contributed by atoms with Gasteiger partial charge in [0.2, 0.25) is 5.91 Å². The second kappa shape index (κ2) is 6.91. The molecule has 1 aromatic carbocycles. The van der Waals surface area contributed by atoms with Crippen LogP contribution in [0.4, 0.5) is 4.39 Å². The van der Waals surface area contributed by atoms with Crippen LogP contribution in [0.15, 0.2) is 24.3 Å². The van der Waals surface area contributed by atoms with Crippen molar-refractivity contribution in [3.8, 4) is 0 Å². The molecule has 9 heteroatoms. The highest BCUT2D eigenvalue weighted by molar-refractivity contribution is 7.86. The highest BCUT2D eigenvalue weighted by Crippen LogP contribution is 2.24. The van der Waals surface area contributed by atoms with E-state index in [1.807, 2.05) is 0 Å². The van der Waals surface area contributed by atoms with Crippen LogP contribution in [0.5, 0.6) is 0 Å². The molecular formula is C14H21FN4O3S. The Morgan fingerprint density at radius 3 is 2.26 bits per heavy atom.